The third-order valence-corrected chi connectivity index (χ3v) is 3.30. The van der Waals surface area contributed by atoms with Crippen LogP contribution in [-0.2, 0) is 6.42 Å². The number of hydrogen-bond acceptors (Lipinski definition) is 3. The first kappa shape index (κ1) is 15.9. The van der Waals surface area contributed by atoms with E-state index in [9.17, 15) is 15.3 Å². The number of aliphatic hydroxyl groups excluding tert-OH is 1. The first-order valence-electron chi connectivity index (χ1n) is 7.24. The number of hydrogen-bond donors (Lipinski definition) is 3. The minimum Gasteiger partial charge on any atom is -0.504 e. The number of phenolic OH excluding ortho intramolecular Hbond substituents is 2. The number of aromatic hydroxyl groups is 2. The molecule has 0 aliphatic heterocycles. The van der Waals surface area contributed by atoms with Gasteiger partial charge in [0.05, 0.1) is 6.10 Å². The molecular formula is C19H20O3. The highest BCUT2D eigenvalue weighted by atomic mass is 16.3. The standard InChI is InChI=1S/C19H20O3/c20-17(9-5-4-8-15-6-2-1-3-7-15)12-10-16-11-13-18(21)19(22)14-16/h1-9,11,13-14,17,20-22H,10,12H2/b8-4+,9-5+/t17-/m1/s1. The van der Waals surface area contributed by atoms with Crippen molar-refractivity contribution >= 4 is 6.08 Å². The highest BCUT2D eigenvalue weighted by molar-refractivity contribution is 5.50. The summed E-state index contributed by atoms with van der Waals surface area (Å²) in [6.45, 7) is 0. The van der Waals surface area contributed by atoms with E-state index in [-0.39, 0.29) is 11.5 Å². The molecule has 3 heteroatoms. The minimum absolute atomic E-state index is 0.129. The van der Waals surface area contributed by atoms with Gasteiger partial charge in [0.25, 0.3) is 0 Å². The molecule has 2 rings (SSSR count). The van der Waals surface area contributed by atoms with Crippen LogP contribution < -0.4 is 0 Å². The van der Waals surface area contributed by atoms with Gasteiger partial charge in [0.15, 0.2) is 11.5 Å². The van der Waals surface area contributed by atoms with Crippen molar-refractivity contribution in [2.45, 2.75) is 18.9 Å². The number of benzene rings is 2. The molecule has 114 valence electrons. The lowest BCUT2D eigenvalue weighted by molar-refractivity contribution is 0.213. The Morgan fingerprint density at radius 3 is 2.41 bits per heavy atom. The van der Waals surface area contributed by atoms with Gasteiger partial charge in [0, 0.05) is 0 Å². The smallest absolute Gasteiger partial charge is 0.157 e. The zero-order valence-corrected chi connectivity index (χ0v) is 12.3. The van der Waals surface area contributed by atoms with Crippen LogP contribution in [-0.4, -0.2) is 21.4 Å². The summed E-state index contributed by atoms with van der Waals surface area (Å²) in [6.07, 6.45) is 8.07. The lowest BCUT2D eigenvalue weighted by Crippen LogP contribution is -2.03. The van der Waals surface area contributed by atoms with Crippen molar-refractivity contribution in [2.75, 3.05) is 0 Å². The summed E-state index contributed by atoms with van der Waals surface area (Å²) >= 11 is 0. The largest absolute Gasteiger partial charge is 0.504 e. The second-order valence-corrected chi connectivity index (χ2v) is 5.08. The molecule has 0 aliphatic rings. The quantitative estimate of drug-likeness (QED) is 0.563. The van der Waals surface area contributed by atoms with Crippen molar-refractivity contribution in [2.24, 2.45) is 0 Å². The topological polar surface area (TPSA) is 60.7 Å². The van der Waals surface area contributed by atoms with Crippen molar-refractivity contribution in [1.82, 2.24) is 0 Å². The maximum atomic E-state index is 9.90. The van der Waals surface area contributed by atoms with Crippen molar-refractivity contribution in [1.29, 1.82) is 0 Å². The van der Waals surface area contributed by atoms with Gasteiger partial charge in [-0.2, -0.15) is 0 Å². The van der Waals surface area contributed by atoms with Crippen LogP contribution in [0, 0.1) is 0 Å². The highest BCUT2D eigenvalue weighted by Gasteiger charge is 2.03. The third kappa shape index (κ3) is 5.11. The molecule has 0 spiro atoms. The van der Waals surface area contributed by atoms with Gasteiger partial charge in [0.2, 0.25) is 0 Å². The Hall–Kier alpha value is -2.52. The molecule has 0 aromatic heterocycles. The lowest BCUT2D eigenvalue weighted by Gasteiger charge is -2.06. The number of phenols is 2. The molecule has 0 aliphatic carbocycles. The molecule has 0 amide bonds. The van der Waals surface area contributed by atoms with Crippen LogP contribution in [0.5, 0.6) is 11.5 Å². The second-order valence-electron chi connectivity index (χ2n) is 5.08. The Morgan fingerprint density at radius 2 is 1.68 bits per heavy atom. The zero-order valence-electron chi connectivity index (χ0n) is 12.3. The van der Waals surface area contributed by atoms with E-state index in [1.54, 1.807) is 12.1 Å². The van der Waals surface area contributed by atoms with Crippen LogP contribution in [0.2, 0.25) is 0 Å². The van der Waals surface area contributed by atoms with Gasteiger partial charge in [-0.1, -0.05) is 60.7 Å². The van der Waals surface area contributed by atoms with Gasteiger partial charge in [-0.3, -0.25) is 0 Å². The molecule has 3 N–H and O–H groups in total. The van der Waals surface area contributed by atoms with Crippen molar-refractivity contribution in [3.8, 4) is 11.5 Å². The van der Waals surface area contributed by atoms with Crippen LogP contribution in [0.15, 0.2) is 66.8 Å². The molecule has 3 nitrogen and oxygen atoms in total. The Kier molecular flexibility index (Phi) is 5.81. The Morgan fingerprint density at radius 1 is 0.909 bits per heavy atom. The first-order valence-corrected chi connectivity index (χ1v) is 7.24. The summed E-state index contributed by atoms with van der Waals surface area (Å²) in [5.74, 6) is -0.261. The van der Waals surface area contributed by atoms with Crippen LogP contribution in [0.3, 0.4) is 0 Å². The van der Waals surface area contributed by atoms with Crippen molar-refractivity contribution in [3.05, 3.63) is 77.9 Å². The molecule has 2 aromatic carbocycles. The second kappa shape index (κ2) is 8.05. The molecule has 0 heterocycles. The summed E-state index contributed by atoms with van der Waals surface area (Å²) in [7, 11) is 0. The molecule has 2 aromatic rings. The van der Waals surface area contributed by atoms with E-state index >= 15 is 0 Å². The Balaban J connectivity index is 1.80. The average Bonchev–Trinajstić information content (AvgIpc) is 2.54. The van der Waals surface area contributed by atoms with Gasteiger partial charge in [-0.05, 0) is 36.1 Å². The normalized spacial score (nSPS) is 13.0. The van der Waals surface area contributed by atoms with E-state index in [1.165, 1.54) is 12.1 Å². The summed E-state index contributed by atoms with van der Waals surface area (Å²) in [4.78, 5) is 0. The SMILES string of the molecule is Oc1ccc(CC[C@H](O)/C=C/C=C/c2ccccc2)cc1O. The molecule has 0 saturated heterocycles. The monoisotopic (exact) mass is 296 g/mol. The molecule has 0 radical (unpaired) electrons. The van der Waals surface area contributed by atoms with E-state index < -0.39 is 6.10 Å². The van der Waals surface area contributed by atoms with Gasteiger partial charge >= 0.3 is 0 Å². The highest BCUT2D eigenvalue weighted by Crippen LogP contribution is 2.25. The minimum atomic E-state index is -0.545. The molecule has 0 fully saturated rings. The number of aryl methyl sites for hydroxylation is 1. The van der Waals surface area contributed by atoms with Crippen molar-refractivity contribution < 1.29 is 15.3 Å². The predicted molar refractivity (Wildman–Crippen MR) is 88.7 cm³/mol. The number of rotatable bonds is 6. The average molecular weight is 296 g/mol. The zero-order chi connectivity index (χ0) is 15.8. The summed E-state index contributed by atoms with van der Waals surface area (Å²) in [6, 6.07) is 14.7. The van der Waals surface area contributed by atoms with E-state index in [1.807, 2.05) is 48.6 Å². The van der Waals surface area contributed by atoms with Crippen LogP contribution in [0.1, 0.15) is 17.5 Å². The van der Waals surface area contributed by atoms with E-state index in [4.69, 9.17) is 0 Å². The predicted octanol–water partition coefficient (Wildman–Crippen LogP) is 3.66. The molecule has 0 saturated carbocycles. The molecule has 0 bridgehead atoms. The first-order chi connectivity index (χ1) is 10.6. The van der Waals surface area contributed by atoms with Crippen LogP contribution >= 0.6 is 0 Å². The fourth-order valence-corrected chi connectivity index (χ4v) is 2.06. The van der Waals surface area contributed by atoms with Gasteiger partial charge in [-0.15, -0.1) is 0 Å². The fraction of sp³-hybridized carbons (Fsp3) is 0.158. The molecular weight excluding hydrogens is 276 g/mol. The Bertz CT molecular complexity index is 645. The van der Waals surface area contributed by atoms with E-state index in [0.29, 0.717) is 12.8 Å². The lowest BCUT2D eigenvalue weighted by atomic mass is 10.1. The third-order valence-electron chi connectivity index (χ3n) is 3.30. The molecule has 1 atom stereocenters. The Labute approximate surface area is 130 Å². The van der Waals surface area contributed by atoms with E-state index in [0.717, 1.165) is 11.1 Å². The summed E-state index contributed by atoms with van der Waals surface area (Å²) in [5, 5.41) is 28.6. The summed E-state index contributed by atoms with van der Waals surface area (Å²) in [5.41, 5.74) is 1.99. The summed E-state index contributed by atoms with van der Waals surface area (Å²) < 4.78 is 0. The fourth-order valence-electron chi connectivity index (χ4n) is 2.06. The number of aliphatic hydroxyl groups is 1. The van der Waals surface area contributed by atoms with Crippen molar-refractivity contribution in [3.63, 3.8) is 0 Å². The van der Waals surface area contributed by atoms with Gasteiger partial charge < -0.3 is 15.3 Å². The van der Waals surface area contributed by atoms with Crippen LogP contribution in [0.25, 0.3) is 6.08 Å². The van der Waals surface area contributed by atoms with Gasteiger partial charge in [-0.25, -0.2) is 0 Å². The molecule has 0 unspecified atom stereocenters. The van der Waals surface area contributed by atoms with Crippen LogP contribution in [0.4, 0.5) is 0 Å². The van der Waals surface area contributed by atoms with E-state index in [2.05, 4.69) is 0 Å². The van der Waals surface area contributed by atoms with Gasteiger partial charge in [0.1, 0.15) is 0 Å². The maximum absolute atomic E-state index is 9.90. The molecule has 22 heavy (non-hydrogen) atoms. The maximum Gasteiger partial charge on any atom is 0.157 e. The number of allylic oxidation sites excluding steroid dienone is 2.